The van der Waals surface area contributed by atoms with Gasteiger partial charge in [0.2, 0.25) is 0 Å². The van der Waals surface area contributed by atoms with E-state index in [0.717, 1.165) is 11.4 Å². The van der Waals surface area contributed by atoms with E-state index in [4.69, 9.17) is 0 Å². The van der Waals surface area contributed by atoms with Crippen molar-refractivity contribution < 1.29 is 0 Å². The fourth-order valence-electron chi connectivity index (χ4n) is 1.21. The Morgan fingerprint density at radius 2 is 0.933 bits per heavy atom. The summed E-state index contributed by atoms with van der Waals surface area (Å²) in [7, 11) is 0. The Hall–Kier alpha value is -2.20. The van der Waals surface area contributed by atoms with Crippen LogP contribution in [0.4, 0.5) is 11.4 Å². The molecule has 0 aromatic heterocycles. The van der Waals surface area contributed by atoms with Crippen LogP contribution in [0.25, 0.3) is 0 Å². The predicted octanol–water partition coefficient (Wildman–Crippen LogP) is 3.68. The summed E-state index contributed by atoms with van der Waals surface area (Å²) in [5.74, 6) is 0. The summed E-state index contributed by atoms with van der Waals surface area (Å²) >= 11 is 0. The van der Waals surface area contributed by atoms with Gasteiger partial charge >= 0.3 is 0 Å². The molecule has 2 rings (SSSR count). The minimum atomic E-state index is 1.12. The average molecular weight is 195 g/mol. The smallest absolute Gasteiger partial charge is 0.0384 e. The first kappa shape index (κ1) is 10.9. The summed E-state index contributed by atoms with van der Waals surface area (Å²) in [5.41, 5.74) is 2.24. The molecule has 0 aliphatic carbocycles. The minimum Gasteiger partial charge on any atom is -0.356 e. The molecule has 0 saturated carbocycles. The molecule has 1 N–H and O–H groups in total. The van der Waals surface area contributed by atoms with E-state index in [-0.39, 0.29) is 0 Å². The van der Waals surface area contributed by atoms with Gasteiger partial charge in [0.05, 0.1) is 0 Å². The van der Waals surface area contributed by atoms with Crippen molar-refractivity contribution in [2.45, 2.75) is 0 Å². The zero-order valence-corrected chi connectivity index (χ0v) is 8.43. The van der Waals surface area contributed by atoms with Crippen molar-refractivity contribution in [1.82, 2.24) is 0 Å². The van der Waals surface area contributed by atoms with Crippen molar-refractivity contribution in [2.24, 2.45) is 0 Å². The molecule has 0 amide bonds. The first-order valence-electron chi connectivity index (χ1n) is 4.65. The van der Waals surface area contributed by atoms with Gasteiger partial charge in [-0.15, -0.1) is 12.8 Å². The number of para-hydroxylation sites is 2. The molecule has 15 heavy (non-hydrogen) atoms. The normalized spacial score (nSPS) is 8.40. The van der Waals surface area contributed by atoms with Gasteiger partial charge < -0.3 is 5.32 Å². The number of nitrogens with one attached hydrogen (secondary N) is 1. The van der Waals surface area contributed by atoms with E-state index in [1.807, 2.05) is 60.7 Å². The highest BCUT2D eigenvalue weighted by molar-refractivity contribution is 5.58. The molecule has 1 heteroatoms. The van der Waals surface area contributed by atoms with E-state index >= 15 is 0 Å². The highest BCUT2D eigenvalue weighted by Crippen LogP contribution is 2.14. The zero-order chi connectivity index (χ0) is 10.9. The molecule has 0 saturated heterocycles. The van der Waals surface area contributed by atoms with Crippen molar-refractivity contribution in [3.63, 3.8) is 0 Å². The van der Waals surface area contributed by atoms with Gasteiger partial charge in [0.15, 0.2) is 0 Å². The van der Waals surface area contributed by atoms with Crippen LogP contribution in [0, 0.1) is 12.8 Å². The van der Waals surface area contributed by atoms with E-state index in [2.05, 4.69) is 18.2 Å². The van der Waals surface area contributed by atoms with Crippen LogP contribution in [0.1, 0.15) is 0 Å². The third-order valence-corrected chi connectivity index (χ3v) is 1.84. The maximum absolute atomic E-state index is 4.00. The second-order valence-electron chi connectivity index (χ2n) is 2.86. The van der Waals surface area contributed by atoms with Crippen molar-refractivity contribution in [3.8, 4) is 12.8 Å². The Morgan fingerprint density at radius 1 is 0.600 bits per heavy atom. The van der Waals surface area contributed by atoms with Gasteiger partial charge in [-0.2, -0.15) is 0 Å². The molecular formula is C14H13N. The number of anilines is 2. The summed E-state index contributed by atoms with van der Waals surface area (Å²) in [6, 6.07) is 20.3. The molecule has 0 heterocycles. The van der Waals surface area contributed by atoms with Crippen molar-refractivity contribution in [1.29, 1.82) is 0 Å². The molecule has 1 nitrogen and oxygen atoms in total. The highest BCUT2D eigenvalue weighted by atomic mass is 14.9. The molecule has 0 radical (unpaired) electrons. The third kappa shape index (κ3) is 3.58. The van der Waals surface area contributed by atoms with Gasteiger partial charge in [0.1, 0.15) is 0 Å². The van der Waals surface area contributed by atoms with Crippen LogP contribution in [0.3, 0.4) is 0 Å². The lowest BCUT2D eigenvalue weighted by Crippen LogP contribution is -1.87. The number of hydrogen-bond donors (Lipinski definition) is 1. The Kier molecular flexibility index (Phi) is 4.56. The van der Waals surface area contributed by atoms with Crippen molar-refractivity contribution >= 4 is 11.4 Å². The monoisotopic (exact) mass is 195 g/mol. The first-order chi connectivity index (χ1) is 7.45. The predicted molar refractivity (Wildman–Crippen MR) is 66.1 cm³/mol. The van der Waals surface area contributed by atoms with Gasteiger partial charge in [-0.1, -0.05) is 36.4 Å². The van der Waals surface area contributed by atoms with Gasteiger partial charge in [0.25, 0.3) is 0 Å². The molecule has 0 spiro atoms. The molecule has 2 aromatic carbocycles. The van der Waals surface area contributed by atoms with Crippen LogP contribution >= 0.6 is 0 Å². The molecular weight excluding hydrogens is 182 g/mol. The molecule has 0 aliphatic rings. The topological polar surface area (TPSA) is 12.0 Å². The van der Waals surface area contributed by atoms with E-state index in [1.165, 1.54) is 0 Å². The van der Waals surface area contributed by atoms with Crippen LogP contribution in [0.2, 0.25) is 0 Å². The molecule has 0 fully saturated rings. The Morgan fingerprint density at radius 3 is 1.27 bits per heavy atom. The lowest BCUT2D eigenvalue weighted by atomic mass is 10.3. The fourth-order valence-corrected chi connectivity index (χ4v) is 1.21. The molecule has 2 aromatic rings. The van der Waals surface area contributed by atoms with Crippen LogP contribution in [0.5, 0.6) is 0 Å². The average Bonchev–Trinajstić information content (AvgIpc) is 2.34. The first-order valence-corrected chi connectivity index (χ1v) is 4.65. The SMILES string of the molecule is C#C.c1ccc(Nc2ccccc2)cc1. The summed E-state index contributed by atoms with van der Waals surface area (Å²) in [6.45, 7) is 0. The van der Waals surface area contributed by atoms with Crippen molar-refractivity contribution in [2.75, 3.05) is 5.32 Å². The van der Waals surface area contributed by atoms with E-state index in [9.17, 15) is 0 Å². The Labute approximate surface area is 90.8 Å². The van der Waals surface area contributed by atoms with Gasteiger partial charge in [-0.05, 0) is 24.3 Å². The third-order valence-electron chi connectivity index (χ3n) is 1.84. The summed E-state index contributed by atoms with van der Waals surface area (Å²) < 4.78 is 0. The van der Waals surface area contributed by atoms with Crippen LogP contribution in [0.15, 0.2) is 60.7 Å². The summed E-state index contributed by atoms with van der Waals surface area (Å²) in [6.07, 6.45) is 8.00. The van der Waals surface area contributed by atoms with Gasteiger partial charge in [-0.3, -0.25) is 0 Å². The molecule has 0 atom stereocenters. The summed E-state index contributed by atoms with van der Waals surface area (Å²) in [5, 5.41) is 3.30. The number of terminal acetylenes is 1. The molecule has 74 valence electrons. The lowest BCUT2D eigenvalue weighted by Gasteiger charge is -2.04. The maximum Gasteiger partial charge on any atom is 0.0384 e. The van der Waals surface area contributed by atoms with Gasteiger partial charge in [-0.25, -0.2) is 0 Å². The zero-order valence-electron chi connectivity index (χ0n) is 8.43. The molecule has 0 bridgehead atoms. The second kappa shape index (κ2) is 6.28. The maximum atomic E-state index is 4.00. The lowest BCUT2D eigenvalue weighted by molar-refractivity contribution is 1.55. The van der Waals surface area contributed by atoms with Crippen molar-refractivity contribution in [3.05, 3.63) is 60.7 Å². The van der Waals surface area contributed by atoms with E-state index < -0.39 is 0 Å². The largest absolute Gasteiger partial charge is 0.356 e. The van der Waals surface area contributed by atoms with Crippen LogP contribution in [-0.4, -0.2) is 0 Å². The number of benzene rings is 2. The summed E-state index contributed by atoms with van der Waals surface area (Å²) in [4.78, 5) is 0. The highest BCUT2D eigenvalue weighted by Gasteiger charge is 1.89. The number of rotatable bonds is 2. The standard InChI is InChI=1S/C12H11N.C2H2/c1-3-7-11(8-4-1)13-12-9-5-2-6-10-12;1-2/h1-10,13H;1-2H. The fraction of sp³-hybridized carbons (Fsp3) is 0. The molecule has 0 unspecified atom stereocenters. The number of hydrogen-bond acceptors (Lipinski definition) is 1. The Bertz CT molecular complexity index is 352. The second-order valence-corrected chi connectivity index (χ2v) is 2.86. The minimum absolute atomic E-state index is 1.12. The van der Waals surface area contributed by atoms with Crippen LogP contribution < -0.4 is 5.32 Å². The van der Waals surface area contributed by atoms with E-state index in [0.29, 0.717) is 0 Å². The van der Waals surface area contributed by atoms with Crippen LogP contribution in [-0.2, 0) is 0 Å². The van der Waals surface area contributed by atoms with Gasteiger partial charge in [0, 0.05) is 11.4 Å². The quantitative estimate of drug-likeness (QED) is 0.721. The Balaban J connectivity index is 0.000000531. The molecule has 0 aliphatic heterocycles. The van der Waals surface area contributed by atoms with E-state index in [1.54, 1.807) is 0 Å².